The summed E-state index contributed by atoms with van der Waals surface area (Å²) in [5.74, 6) is 0.481. The number of alkyl halides is 3. The molecule has 9 heteroatoms. The van der Waals surface area contributed by atoms with Crippen molar-refractivity contribution in [3.8, 4) is 17.0 Å². The zero-order valence-corrected chi connectivity index (χ0v) is 19.8. The molecule has 35 heavy (non-hydrogen) atoms. The Morgan fingerprint density at radius 2 is 1.69 bits per heavy atom. The van der Waals surface area contributed by atoms with E-state index in [0.717, 1.165) is 29.2 Å². The van der Waals surface area contributed by atoms with E-state index in [1.807, 2.05) is 18.2 Å². The molecule has 0 bridgehead atoms. The molecule has 0 saturated carbocycles. The summed E-state index contributed by atoms with van der Waals surface area (Å²) < 4.78 is 44.3. The molecule has 1 fully saturated rings. The number of anilines is 1. The molecular formula is C26H27F3N4O2. The maximum Gasteiger partial charge on any atom is 0.416 e. The molecule has 184 valence electrons. The Morgan fingerprint density at radius 3 is 2.31 bits per heavy atom. The fourth-order valence-corrected chi connectivity index (χ4v) is 3.96. The second-order valence-corrected chi connectivity index (χ2v) is 8.67. The molecule has 2 aromatic carbocycles. The number of ether oxygens (including phenoxy) is 1. The minimum absolute atomic E-state index is 0.0124. The van der Waals surface area contributed by atoms with E-state index in [1.54, 1.807) is 11.8 Å². The molecule has 0 radical (unpaired) electrons. The van der Waals surface area contributed by atoms with Crippen molar-refractivity contribution in [3.63, 3.8) is 0 Å². The van der Waals surface area contributed by atoms with E-state index in [1.165, 1.54) is 23.3 Å². The van der Waals surface area contributed by atoms with E-state index < -0.39 is 17.8 Å². The van der Waals surface area contributed by atoms with Crippen LogP contribution >= 0.6 is 0 Å². The highest BCUT2D eigenvalue weighted by Crippen LogP contribution is 2.31. The lowest BCUT2D eigenvalue weighted by atomic mass is 10.0. The Morgan fingerprint density at radius 1 is 0.943 bits per heavy atom. The number of halogens is 3. The van der Waals surface area contributed by atoms with Gasteiger partial charge in [-0.2, -0.15) is 13.2 Å². The van der Waals surface area contributed by atoms with Crippen LogP contribution in [0, 0.1) is 13.8 Å². The van der Waals surface area contributed by atoms with Crippen LogP contribution in [0.3, 0.4) is 0 Å². The summed E-state index contributed by atoms with van der Waals surface area (Å²) in [6, 6.07) is 14.6. The Labute approximate surface area is 202 Å². The summed E-state index contributed by atoms with van der Waals surface area (Å²) in [6.07, 6.45) is -5.37. The van der Waals surface area contributed by atoms with Gasteiger partial charge in [-0.25, -0.2) is 0 Å². The lowest BCUT2D eigenvalue weighted by molar-refractivity contribution is -0.138. The maximum absolute atomic E-state index is 12.9. The molecule has 1 saturated heterocycles. The van der Waals surface area contributed by atoms with Gasteiger partial charge in [-0.05, 0) is 68.3 Å². The van der Waals surface area contributed by atoms with Crippen molar-refractivity contribution < 1.29 is 22.7 Å². The van der Waals surface area contributed by atoms with Crippen molar-refractivity contribution in [2.24, 2.45) is 0 Å². The summed E-state index contributed by atoms with van der Waals surface area (Å²) in [6.45, 7) is 7.72. The van der Waals surface area contributed by atoms with Gasteiger partial charge in [0.1, 0.15) is 5.75 Å². The van der Waals surface area contributed by atoms with Crippen LogP contribution in [-0.4, -0.2) is 53.3 Å². The minimum Gasteiger partial charge on any atom is -0.481 e. The van der Waals surface area contributed by atoms with Crippen LogP contribution in [0.2, 0.25) is 0 Å². The Bertz CT molecular complexity index is 1190. The smallest absolute Gasteiger partial charge is 0.416 e. The van der Waals surface area contributed by atoms with Crippen LogP contribution in [0.5, 0.6) is 5.75 Å². The first-order valence-corrected chi connectivity index (χ1v) is 11.4. The Balaban J connectivity index is 1.33. The van der Waals surface area contributed by atoms with E-state index >= 15 is 0 Å². The van der Waals surface area contributed by atoms with E-state index in [2.05, 4.69) is 41.1 Å². The molecule has 0 N–H and O–H groups in total. The number of carbonyl (C=O) groups excluding carboxylic acids is 1. The number of aromatic nitrogens is 2. The molecule has 0 aliphatic carbocycles. The SMILES string of the molecule is Cc1ccc(-c2ccc(N3CCN(C(=O)C(C)Oc4cccc(C(F)(F)F)c4)CC3)nn2)cc1C. The maximum atomic E-state index is 12.9. The highest BCUT2D eigenvalue weighted by molar-refractivity contribution is 5.81. The number of rotatable bonds is 5. The molecule has 1 atom stereocenters. The van der Waals surface area contributed by atoms with Gasteiger partial charge in [0.15, 0.2) is 11.9 Å². The third-order valence-electron chi connectivity index (χ3n) is 6.19. The molecule has 1 aliphatic rings. The topological polar surface area (TPSA) is 58.6 Å². The van der Waals surface area contributed by atoms with Crippen molar-refractivity contribution >= 4 is 11.7 Å². The second-order valence-electron chi connectivity index (χ2n) is 8.67. The molecule has 6 nitrogen and oxygen atoms in total. The zero-order valence-electron chi connectivity index (χ0n) is 19.8. The van der Waals surface area contributed by atoms with Gasteiger partial charge in [-0.15, -0.1) is 10.2 Å². The fraction of sp³-hybridized carbons (Fsp3) is 0.346. The van der Waals surface area contributed by atoms with Crippen LogP contribution in [0.1, 0.15) is 23.6 Å². The van der Waals surface area contributed by atoms with Gasteiger partial charge in [-0.1, -0.05) is 18.2 Å². The molecule has 3 aromatic rings. The lowest BCUT2D eigenvalue weighted by Crippen LogP contribution is -2.52. The molecule has 1 aromatic heterocycles. The molecule has 1 unspecified atom stereocenters. The molecule has 1 amide bonds. The average molecular weight is 485 g/mol. The van der Waals surface area contributed by atoms with Crippen LogP contribution in [0.25, 0.3) is 11.3 Å². The predicted molar refractivity (Wildman–Crippen MR) is 127 cm³/mol. The van der Waals surface area contributed by atoms with Gasteiger partial charge in [0, 0.05) is 31.7 Å². The second kappa shape index (κ2) is 9.93. The summed E-state index contributed by atoms with van der Waals surface area (Å²) >= 11 is 0. The monoisotopic (exact) mass is 484 g/mol. The molecule has 2 heterocycles. The standard InChI is InChI=1S/C26H27F3N4O2/c1-17-7-8-20(15-18(17)2)23-9-10-24(31-30-23)32-11-13-33(14-12-32)25(34)19(3)35-22-6-4-5-21(16-22)26(27,28)29/h4-10,15-16,19H,11-14H2,1-3H3. The third-order valence-corrected chi connectivity index (χ3v) is 6.19. The number of hydrogen-bond donors (Lipinski definition) is 0. The van der Waals surface area contributed by atoms with Crippen molar-refractivity contribution in [1.82, 2.24) is 15.1 Å². The van der Waals surface area contributed by atoms with Crippen LogP contribution < -0.4 is 9.64 Å². The van der Waals surface area contributed by atoms with Gasteiger partial charge in [-0.3, -0.25) is 4.79 Å². The van der Waals surface area contributed by atoms with Gasteiger partial charge >= 0.3 is 6.18 Å². The van der Waals surface area contributed by atoms with E-state index in [-0.39, 0.29) is 11.7 Å². The largest absolute Gasteiger partial charge is 0.481 e. The normalized spacial score (nSPS) is 15.1. The third kappa shape index (κ3) is 5.72. The minimum atomic E-state index is -4.47. The summed E-state index contributed by atoms with van der Waals surface area (Å²) in [5, 5.41) is 8.75. The number of piperazine rings is 1. The van der Waals surface area contributed by atoms with Gasteiger partial charge in [0.25, 0.3) is 5.91 Å². The first-order valence-electron chi connectivity index (χ1n) is 11.4. The van der Waals surface area contributed by atoms with Crippen LogP contribution in [-0.2, 0) is 11.0 Å². The van der Waals surface area contributed by atoms with E-state index in [9.17, 15) is 18.0 Å². The number of benzene rings is 2. The molecule has 1 aliphatic heterocycles. The summed E-state index contributed by atoms with van der Waals surface area (Å²) in [7, 11) is 0. The summed E-state index contributed by atoms with van der Waals surface area (Å²) in [4.78, 5) is 16.5. The average Bonchev–Trinajstić information content (AvgIpc) is 2.85. The molecule has 0 spiro atoms. The van der Waals surface area contributed by atoms with Crippen LogP contribution in [0.15, 0.2) is 54.6 Å². The quantitative estimate of drug-likeness (QED) is 0.516. The Kier molecular flexibility index (Phi) is 6.95. The van der Waals surface area contributed by atoms with E-state index in [0.29, 0.717) is 26.2 Å². The summed E-state index contributed by atoms with van der Waals surface area (Å²) in [5.41, 5.74) is 3.41. The number of amides is 1. The highest BCUT2D eigenvalue weighted by Gasteiger charge is 2.31. The number of hydrogen-bond acceptors (Lipinski definition) is 5. The van der Waals surface area contributed by atoms with Crippen molar-refractivity contribution in [3.05, 3.63) is 71.3 Å². The van der Waals surface area contributed by atoms with Crippen molar-refractivity contribution in [2.75, 3.05) is 31.1 Å². The van der Waals surface area contributed by atoms with Gasteiger partial charge in [0.05, 0.1) is 11.3 Å². The fourth-order valence-electron chi connectivity index (χ4n) is 3.96. The van der Waals surface area contributed by atoms with Crippen molar-refractivity contribution in [1.29, 1.82) is 0 Å². The molecular weight excluding hydrogens is 457 g/mol. The first-order chi connectivity index (χ1) is 16.6. The number of nitrogens with zero attached hydrogens (tertiary/aromatic N) is 4. The van der Waals surface area contributed by atoms with Crippen molar-refractivity contribution in [2.45, 2.75) is 33.1 Å². The number of aryl methyl sites for hydroxylation is 2. The Hall–Kier alpha value is -3.62. The lowest BCUT2D eigenvalue weighted by Gasteiger charge is -2.36. The van der Waals surface area contributed by atoms with Crippen LogP contribution in [0.4, 0.5) is 19.0 Å². The van der Waals surface area contributed by atoms with Gasteiger partial charge < -0.3 is 14.5 Å². The highest BCUT2D eigenvalue weighted by atomic mass is 19.4. The van der Waals surface area contributed by atoms with Gasteiger partial charge in [0.2, 0.25) is 0 Å². The zero-order chi connectivity index (χ0) is 25.2. The first kappa shape index (κ1) is 24.5. The molecule has 4 rings (SSSR count). The predicted octanol–water partition coefficient (Wildman–Crippen LogP) is 4.90. The van der Waals surface area contributed by atoms with E-state index in [4.69, 9.17) is 4.74 Å². The number of carbonyl (C=O) groups is 1.